The van der Waals surface area contributed by atoms with E-state index in [0.717, 1.165) is 54.9 Å². The van der Waals surface area contributed by atoms with Gasteiger partial charge in [-0.15, -0.1) is 20.1 Å². The van der Waals surface area contributed by atoms with Crippen molar-refractivity contribution in [3.8, 4) is 22.8 Å². The number of amides is 4. The van der Waals surface area contributed by atoms with E-state index in [1.807, 2.05) is 34.7 Å². The Hall–Kier alpha value is -7.42. The number of likely N-dealkylation sites (tertiary alicyclic amines) is 1. The van der Waals surface area contributed by atoms with Gasteiger partial charge in [0, 0.05) is 56.9 Å². The van der Waals surface area contributed by atoms with Gasteiger partial charge in [0.2, 0.25) is 11.8 Å². The summed E-state index contributed by atoms with van der Waals surface area (Å²) in [6.45, 7) is 7.13. The lowest BCUT2D eigenvalue weighted by molar-refractivity contribution is -0.286. The second-order valence-electron chi connectivity index (χ2n) is 20.1. The monoisotopic (exact) mass is 1150 g/mol. The van der Waals surface area contributed by atoms with Gasteiger partial charge in [-0.05, 0) is 122 Å². The number of aryl methyl sites for hydroxylation is 2. The number of rotatable bonds is 20. The molecular weight excluding hydrogens is 1090 g/mol. The number of alkyl halides is 2. The van der Waals surface area contributed by atoms with Gasteiger partial charge in [0.05, 0.1) is 52.5 Å². The highest BCUT2D eigenvalue weighted by molar-refractivity contribution is 7.94. The number of halogens is 2. The average molecular weight is 1150 g/mol. The second-order valence-corrected chi connectivity index (χ2v) is 24.0. The molecule has 7 heterocycles. The van der Waals surface area contributed by atoms with Crippen molar-refractivity contribution in [1.29, 1.82) is 0 Å². The molecule has 1 aliphatic carbocycles. The van der Waals surface area contributed by atoms with E-state index in [2.05, 4.69) is 45.1 Å². The first-order valence-corrected chi connectivity index (χ1v) is 29.3. The molecule has 4 amide bonds. The van der Waals surface area contributed by atoms with Crippen LogP contribution in [-0.4, -0.2) is 127 Å². The van der Waals surface area contributed by atoms with Gasteiger partial charge in [0.1, 0.15) is 16.6 Å². The van der Waals surface area contributed by atoms with Crippen LogP contribution in [-0.2, 0) is 47.6 Å². The van der Waals surface area contributed by atoms with Gasteiger partial charge in [0.15, 0.2) is 22.3 Å². The van der Waals surface area contributed by atoms with E-state index in [1.54, 1.807) is 66.0 Å². The van der Waals surface area contributed by atoms with Crippen molar-refractivity contribution in [1.82, 2.24) is 34.9 Å². The number of nitrogens with zero attached hydrogens (tertiary/aromatic N) is 6. The van der Waals surface area contributed by atoms with Crippen LogP contribution in [0.25, 0.3) is 21.5 Å². The third kappa shape index (κ3) is 12.5. The number of sulfonamides is 1. The summed E-state index contributed by atoms with van der Waals surface area (Å²) < 4.78 is 78.6. The Kier molecular flexibility index (Phi) is 15.7. The van der Waals surface area contributed by atoms with E-state index in [-0.39, 0.29) is 72.3 Å². The fraction of sp³-hybridized carbons (Fsp3) is 0.364. The summed E-state index contributed by atoms with van der Waals surface area (Å²) in [5.74, 6) is -0.577. The van der Waals surface area contributed by atoms with Crippen LogP contribution in [0.5, 0.6) is 11.5 Å². The lowest BCUT2D eigenvalue weighted by Crippen LogP contribution is -2.43. The molecule has 20 nitrogen and oxygen atoms in total. The van der Waals surface area contributed by atoms with E-state index in [1.165, 1.54) is 23.5 Å². The summed E-state index contributed by atoms with van der Waals surface area (Å²) in [5, 5.41) is 15.3. The van der Waals surface area contributed by atoms with E-state index in [4.69, 9.17) is 14.5 Å². The van der Waals surface area contributed by atoms with Crippen LogP contribution >= 0.6 is 22.7 Å². The zero-order valence-corrected chi connectivity index (χ0v) is 45.8. The minimum atomic E-state index is -3.76. The number of ether oxygens (including phenoxy) is 4. The van der Waals surface area contributed by atoms with Crippen molar-refractivity contribution >= 4 is 83.2 Å². The van der Waals surface area contributed by atoms with E-state index >= 15 is 0 Å². The number of carbonyl (C=O) groups is 4. The molecule has 11 rings (SSSR count). The summed E-state index contributed by atoms with van der Waals surface area (Å²) in [4.78, 5) is 66.7. The van der Waals surface area contributed by atoms with Crippen molar-refractivity contribution in [2.45, 2.75) is 68.0 Å². The Morgan fingerprint density at radius 3 is 2.48 bits per heavy atom. The van der Waals surface area contributed by atoms with Gasteiger partial charge >= 0.3 is 6.29 Å². The Morgan fingerprint density at radius 2 is 1.66 bits per heavy atom. The maximum Gasteiger partial charge on any atom is 0.586 e. The molecule has 3 aliphatic heterocycles. The van der Waals surface area contributed by atoms with Gasteiger partial charge in [-0.2, -0.15) is 5.10 Å². The maximum absolute atomic E-state index is 13.6. The number of hydrogen-bond donors (Lipinski definition) is 4. The SMILES string of the molecule is Cc1ccc(NC(=O)C2(c3ccc4c(c3)OC(F)(F)O4)CC2)nc1-c1cccc(C(=O)NCCOCCOCC(=O)N2CCC(CN3CCCn4nc(C(=O)Nc5nc6ccc(NS(=O)(=O)c7cccs7)cc6s5)cc4C3)CC2)c1. The zero-order valence-electron chi connectivity index (χ0n) is 43.4. The van der Waals surface area contributed by atoms with E-state index in [9.17, 15) is 36.4 Å². The summed E-state index contributed by atoms with van der Waals surface area (Å²) in [6.07, 6.45) is -0.104. The van der Waals surface area contributed by atoms with Crippen LogP contribution in [0.3, 0.4) is 0 Å². The molecule has 3 aromatic carbocycles. The normalized spacial score (nSPS) is 16.7. The number of nitrogens with one attached hydrogen (secondary N) is 4. The third-order valence-electron chi connectivity index (χ3n) is 14.4. The van der Waals surface area contributed by atoms with Crippen LogP contribution in [0.2, 0.25) is 0 Å². The number of piperidine rings is 1. The molecule has 418 valence electrons. The predicted octanol–water partition coefficient (Wildman–Crippen LogP) is 7.88. The Bertz CT molecular complexity index is 3580. The molecule has 4 aromatic heterocycles. The molecule has 0 radical (unpaired) electrons. The lowest BCUT2D eigenvalue weighted by atomic mass is 9.94. The number of thiazole rings is 1. The highest BCUT2D eigenvalue weighted by Gasteiger charge is 2.53. The Balaban J connectivity index is 0.567. The Morgan fingerprint density at radius 1 is 0.838 bits per heavy atom. The fourth-order valence-electron chi connectivity index (χ4n) is 10.1. The second kappa shape index (κ2) is 23.0. The number of hydrogen-bond acceptors (Lipinski definition) is 16. The molecule has 1 saturated carbocycles. The molecule has 4 N–H and O–H groups in total. The van der Waals surface area contributed by atoms with Gasteiger partial charge in [-0.3, -0.25) is 38.8 Å². The zero-order chi connectivity index (χ0) is 55.6. The van der Waals surface area contributed by atoms with Crippen LogP contribution in [0.1, 0.15) is 69.8 Å². The molecule has 2 fully saturated rings. The van der Waals surface area contributed by atoms with Crippen molar-refractivity contribution in [3.05, 3.63) is 124 Å². The number of carbonyl (C=O) groups excluding carboxylic acids is 4. The number of aromatic nitrogens is 4. The van der Waals surface area contributed by atoms with E-state index in [0.29, 0.717) is 99.9 Å². The maximum atomic E-state index is 13.6. The minimum absolute atomic E-state index is 0.0511. The molecule has 80 heavy (non-hydrogen) atoms. The summed E-state index contributed by atoms with van der Waals surface area (Å²) in [7, 11) is -3.71. The van der Waals surface area contributed by atoms with Crippen LogP contribution in [0.15, 0.2) is 101 Å². The van der Waals surface area contributed by atoms with Crippen molar-refractivity contribution < 1.29 is 55.3 Å². The average Bonchev–Trinajstić information content (AvgIpc) is 3.77. The van der Waals surface area contributed by atoms with Crippen molar-refractivity contribution in [2.24, 2.45) is 5.92 Å². The third-order valence-corrected chi connectivity index (χ3v) is 18.1. The predicted molar refractivity (Wildman–Crippen MR) is 295 cm³/mol. The number of benzene rings is 3. The van der Waals surface area contributed by atoms with Gasteiger partial charge in [0.25, 0.3) is 21.8 Å². The van der Waals surface area contributed by atoms with E-state index < -0.39 is 21.7 Å². The number of anilines is 3. The Labute approximate surface area is 466 Å². The first-order valence-electron chi connectivity index (χ1n) is 26.2. The molecule has 0 bridgehead atoms. The molecule has 1 saturated heterocycles. The fourth-order valence-corrected chi connectivity index (χ4v) is 13.1. The van der Waals surface area contributed by atoms with Crippen molar-refractivity contribution in [3.63, 3.8) is 0 Å². The molecule has 0 spiro atoms. The van der Waals surface area contributed by atoms with Crippen molar-refractivity contribution in [2.75, 3.05) is 74.5 Å². The molecular formula is C55H56F2N10O10S3. The van der Waals surface area contributed by atoms with Gasteiger partial charge in [-0.25, -0.2) is 18.4 Å². The molecule has 7 aromatic rings. The molecule has 4 aliphatic rings. The van der Waals surface area contributed by atoms with Crippen LogP contribution in [0.4, 0.5) is 25.4 Å². The number of fused-ring (bicyclic) bond motifs is 3. The molecule has 25 heteroatoms. The first kappa shape index (κ1) is 54.5. The topological polar surface area (TPSA) is 238 Å². The smallest absolute Gasteiger partial charge is 0.395 e. The standard InChI is InChI=1S/C55H56F2N10O10S3/c1-34-8-13-46(61-52(71)54(16-17-54)38-9-12-43-44(28-38)77-55(56,57)76-43)60-49(34)36-5-2-6-37(27-36)50(69)58-18-23-74-24-25-75-33-47(68)66-21-14-35(15-22-66)31-65-19-4-20-67-40(32-65)30-42(63-67)51(70)62-53-59-41-11-10-39(29-45(41)79-53)64-80(72,73)48-7-3-26-78-48/h2-3,5-13,26-30,35,64H,4,14-25,31-33H2,1H3,(H,58,69)(H,59,62,70)(H,60,61,71). The summed E-state index contributed by atoms with van der Waals surface area (Å²) in [5.41, 5.74) is 4.37. The summed E-state index contributed by atoms with van der Waals surface area (Å²) >= 11 is 2.38. The van der Waals surface area contributed by atoms with Gasteiger partial charge in [-0.1, -0.05) is 41.7 Å². The highest BCUT2D eigenvalue weighted by atomic mass is 32.2. The molecule has 0 atom stereocenters. The summed E-state index contributed by atoms with van der Waals surface area (Å²) in [6, 6.07) is 25.0. The van der Waals surface area contributed by atoms with Crippen LogP contribution < -0.4 is 30.1 Å². The molecule has 0 unspecified atom stereocenters. The highest BCUT2D eigenvalue weighted by Crippen LogP contribution is 2.52. The lowest BCUT2D eigenvalue weighted by Gasteiger charge is -2.34. The largest absolute Gasteiger partial charge is 0.586 e. The van der Waals surface area contributed by atoms with Crippen LogP contribution in [0, 0.1) is 12.8 Å². The number of thiophene rings is 1. The quantitative estimate of drug-likeness (QED) is 0.0532. The van der Waals surface area contributed by atoms with Gasteiger partial charge < -0.3 is 34.5 Å². The first-order chi connectivity index (χ1) is 38.6. The minimum Gasteiger partial charge on any atom is -0.395 e. The number of pyridine rings is 1.